The van der Waals surface area contributed by atoms with Crippen molar-refractivity contribution < 1.29 is 18.0 Å². The molecule has 0 saturated carbocycles. The minimum Gasteiger partial charge on any atom is -0.474 e. The Morgan fingerprint density at radius 1 is 1.15 bits per heavy atom. The molecule has 2 aromatic heterocycles. The summed E-state index contributed by atoms with van der Waals surface area (Å²) in [5.41, 5.74) is 0.459. The summed E-state index contributed by atoms with van der Waals surface area (Å²) in [5, 5.41) is 13.0. The minimum absolute atomic E-state index is 0.0357. The number of ether oxygens (including phenoxy) is 1. The zero-order chi connectivity index (χ0) is 23.8. The predicted molar refractivity (Wildman–Crippen MR) is 118 cm³/mol. The molecule has 4 heterocycles. The summed E-state index contributed by atoms with van der Waals surface area (Å²) in [5.74, 6) is 0.380. The van der Waals surface area contributed by atoms with Crippen molar-refractivity contribution in [2.75, 3.05) is 29.4 Å². The number of nitrogens with zero attached hydrogens (tertiary/aromatic N) is 7. The van der Waals surface area contributed by atoms with Gasteiger partial charge in [0.15, 0.2) is 5.82 Å². The fourth-order valence-electron chi connectivity index (χ4n) is 4.25. The van der Waals surface area contributed by atoms with Gasteiger partial charge in [-0.05, 0) is 12.5 Å². The van der Waals surface area contributed by atoms with E-state index in [1.807, 2.05) is 18.7 Å². The van der Waals surface area contributed by atoms with Crippen LogP contribution in [0.25, 0.3) is 0 Å². The Morgan fingerprint density at radius 2 is 1.94 bits per heavy atom. The van der Waals surface area contributed by atoms with Crippen LogP contribution in [0.15, 0.2) is 23.0 Å². The van der Waals surface area contributed by atoms with Gasteiger partial charge in [0.1, 0.15) is 36.0 Å². The molecule has 0 amide bonds. The van der Waals surface area contributed by atoms with Crippen molar-refractivity contribution in [1.82, 2.24) is 20.1 Å². The van der Waals surface area contributed by atoms with Gasteiger partial charge >= 0.3 is 6.01 Å². The number of fused-ring (bicyclic) bond motifs is 1. The Balaban J connectivity index is 1.29. The Hall–Kier alpha value is -3.81. The molecule has 11 heteroatoms. The minimum atomic E-state index is -0.772. The average Bonchev–Trinajstić information content (AvgIpc) is 3.49. The lowest BCUT2D eigenvalue weighted by atomic mass is 10.1. The standard InChI is InChI=1S/C23H23F2N7O2/c1-13(2)20-29-23(34-30-20)31-6-3-15(4-7-31)33-22-16-5-8-32(21(16)27-12-28-22)19-10-17(24)14(11-26)9-18(19)25/h9-10,12-13,15H,3-8H2,1-2H3. The molecule has 3 aromatic rings. The summed E-state index contributed by atoms with van der Waals surface area (Å²) in [4.78, 5) is 16.7. The molecule has 2 aliphatic heterocycles. The first-order chi connectivity index (χ1) is 16.4. The molecule has 1 fully saturated rings. The van der Waals surface area contributed by atoms with Crippen molar-refractivity contribution in [3.63, 3.8) is 0 Å². The average molecular weight is 467 g/mol. The Kier molecular flexibility index (Phi) is 5.73. The highest BCUT2D eigenvalue weighted by Crippen LogP contribution is 2.39. The van der Waals surface area contributed by atoms with Crippen molar-refractivity contribution in [1.29, 1.82) is 5.26 Å². The molecule has 1 aromatic carbocycles. The first kappa shape index (κ1) is 22.0. The molecular formula is C23H23F2N7O2. The third kappa shape index (κ3) is 4.00. The van der Waals surface area contributed by atoms with Gasteiger partial charge in [-0.1, -0.05) is 19.0 Å². The van der Waals surface area contributed by atoms with Gasteiger partial charge in [0.25, 0.3) is 0 Å². The van der Waals surface area contributed by atoms with E-state index in [1.165, 1.54) is 6.33 Å². The van der Waals surface area contributed by atoms with Crippen LogP contribution in [0.3, 0.4) is 0 Å². The number of benzene rings is 1. The lowest BCUT2D eigenvalue weighted by Crippen LogP contribution is -2.38. The fourth-order valence-corrected chi connectivity index (χ4v) is 4.25. The monoisotopic (exact) mass is 467 g/mol. The first-order valence-electron chi connectivity index (χ1n) is 11.2. The molecular weight excluding hydrogens is 444 g/mol. The summed E-state index contributed by atoms with van der Waals surface area (Å²) in [6.07, 6.45) is 3.34. The summed E-state index contributed by atoms with van der Waals surface area (Å²) in [6.45, 7) is 5.85. The third-order valence-corrected chi connectivity index (χ3v) is 6.11. The van der Waals surface area contributed by atoms with Gasteiger partial charge in [0.2, 0.25) is 5.88 Å². The number of hydrogen-bond donors (Lipinski definition) is 0. The topological polar surface area (TPSA) is 104 Å². The zero-order valence-electron chi connectivity index (χ0n) is 18.8. The highest BCUT2D eigenvalue weighted by Gasteiger charge is 2.31. The fraction of sp³-hybridized carbons (Fsp3) is 0.435. The second kappa shape index (κ2) is 8.85. The van der Waals surface area contributed by atoms with Gasteiger partial charge in [-0.25, -0.2) is 18.7 Å². The van der Waals surface area contributed by atoms with E-state index in [-0.39, 0.29) is 23.3 Å². The lowest BCUT2D eigenvalue weighted by molar-refractivity contribution is 0.160. The van der Waals surface area contributed by atoms with Gasteiger partial charge < -0.3 is 19.1 Å². The Labute approximate surface area is 195 Å². The van der Waals surface area contributed by atoms with Gasteiger partial charge in [0, 0.05) is 44.5 Å². The van der Waals surface area contributed by atoms with Crippen LogP contribution in [0.5, 0.6) is 5.88 Å². The molecule has 0 radical (unpaired) electrons. The molecule has 176 valence electrons. The van der Waals surface area contributed by atoms with E-state index in [2.05, 4.69) is 20.1 Å². The van der Waals surface area contributed by atoms with Crippen molar-refractivity contribution in [3.8, 4) is 11.9 Å². The number of anilines is 3. The highest BCUT2D eigenvalue weighted by atomic mass is 19.1. The molecule has 0 spiro atoms. The van der Waals surface area contributed by atoms with Crippen LogP contribution in [0.4, 0.5) is 26.3 Å². The number of rotatable bonds is 5. The van der Waals surface area contributed by atoms with E-state index in [0.29, 0.717) is 49.6 Å². The third-order valence-electron chi connectivity index (χ3n) is 6.11. The van der Waals surface area contributed by atoms with E-state index < -0.39 is 11.6 Å². The molecule has 2 aliphatic rings. The summed E-state index contributed by atoms with van der Waals surface area (Å²) in [7, 11) is 0. The maximum Gasteiger partial charge on any atom is 0.324 e. The molecule has 0 aliphatic carbocycles. The van der Waals surface area contributed by atoms with E-state index in [1.54, 1.807) is 11.0 Å². The van der Waals surface area contributed by atoms with E-state index >= 15 is 0 Å². The number of hydrogen-bond acceptors (Lipinski definition) is 9. The molecule has 0 bridgehead atoms. The summed E-state index contributed by atoms with van der Waals surface area (Å²) < 4.78 is 40.4. The van der Waals surface area contributed by atoms with Gasteiger partial charge in [-0.2, -0.15) is 10.2 Å². The summed E-state index contributed by atoms with van der Waals surface area (Å²) in [6, 6.07) is 4.11. The molecule has 9 nitrogen and oxygen atoms in total. The molecule has 34 heavy (non-hydrogen) atoms. The molecule has 0 unspecified atom stereocenters. The van der Waals surface area contributed by atoms with E-state index in [0.717, 1.165) is 30.5 Å². The van der Waals surface area contributed by atoms with Gasteiger partial charge in [-0.15, -0.1) is 0 Å². The highest BCUT2D eigenvalue weighted by molar-refractivity contribution is 5.69. The van der Waals surface area contributed by atoms with Crippen molar-refractivity contribution >= 4 is 17.5 Å². The lowest BCUT2D eigenvalue weighted by Gasteiger charge is -2.30. The maximum absolute atomic E-state index is 14.6. The van der Waals surface area contributed by atoms with Crippen LogP contribution in [-0.2, 0) is 6.42 Å². The van der Waals surface area contributed by atoms with Crippen LogP contribution < -0.4 is 14.5 Å². The second-order valence-electron chi connectivity index (χ2n) is 8.67. The quantitative estimate of drug-likeness (QED) is 0.553. The molecule has 0 atom stereocenters. The molecule has 1 saturated heterocycles. The van der Waals surface area contributed by atoms with Gasteiger partial charge in [-0.3, -0.25) is 0 Å². The van der Waals surface area contributed by atoms with E-state index in [9.17, 15) is 8.78 Å². The van der Waals surface area contributed by atoms with Crippen molar-refractivity contribution in [2.45, 2.75) is 45.1 Å². The predicted octanol–water partition coefficient (Wildman–Crippen LogP) is 3.87. The zero-order valence-corrected chi connectivity index (χ0v) is 18.8. The number of aromatic nitrogens is 4. The van der Waals surface area contributed by atoms with Gasteiger partial charge in [0.05, 0.1) is 16.8 Å². The number of nitriles is 1. The first-order valence-corrected chi connectivity index (χ1v) is 11.2. The maximum atomic E-state index is 14.6. The van der Waals surface area contributed by atoms with Crippen LogP contribution in [0.1, 0.15) is 49.6 Å². The molecule has 0 N–H and O–H groups in total. The van der Waals surface area contributed by atoms with Crippen LogP contribution in [0.2, 0.25) is 0 Å². The second-order valence-corrected chi connectivity index (χ2v) is 8.67. The molecule has 5 rings (SSSR count). The van der Waals surface area contributed by atoms with E-state index in [4.69, 9.17) is 14.5 Å². The smallest absolute Gasteiger partial charge is 0.324 e. The number of piperidine rings is 1. The van der Waals surface area contributed by atoms with Crippen molar-refractivity contribution in [2.24, 2.45) is 0 Å². The largest absolute Gasteiger partial charge is 0.474 e. The van der Waals surface area contributed by atoms with Crippen molar-refractivity contribution in [3.05, 3.63) is 47.0 Å². The SMILES string of the molecule is CC(C)c1noc(N2CCC(Oc3ncnc4c3CCN4c3cc(F)c(C#N)cc3F)CC2)n1. The Morgan fingerprint density at radius 3 is 2.65 bits per heavy atom. The Bertz CT molecular complexity index is 1250. The van der Waals surface area contributed by atoms with Crippen LogP contribution >= 0.6 is 0 Å². The number of halogens is 2. The summed E-state index contributed by atoms with van der Waals surface area (Å²) >= 11 is 0. The normalized spacial score (nSPS) is 16.1. The van der Waals surface area contributed by atoms with Crippen LogP contribution in [0, 0.1) is 23.0 Å². The van der Waals surface area contributed by atoms with Crippen LogP contribution in [-0.4, -0.2) is 45.8 Å².